The number of aliphatic hydroxyl groups is 10. The summed E-state index contributed by atoms with van der Waals surface area (Å²) in [5, 5.41) is 136. The Bertz CT molecular complexity index is 4140. The van der Waals surface area contributed by atoms with Crippen LogP contribution in [-0.2, 0) is 109 Å². The van der Waals surface area contributed by atoms with E-state index in [0.717, 1.165) is 60.0 Å². The van der Waals surface area contributed by atoms with Crippen LogP contribution in [0.25, 0.3) is 0 Å². The van der Waals surface area contributed by atoms with Gasteiger partial charge in [0.05, 0.1) is 59.0 Å². The number of nitrogens with zero attached hydrogens (tertiary/aromatic N) is 1. The molecule has 10 rings (SSSR count). The van der Waals surface area contributed by atoms with Gasteiger partial charge in [0.25, 0.3) is 5.91 Å². The van der Waals surface area contributed by atoms with Crippen LogP contribution in [-0.4, -0.2) is 365 Å². The molecule has 5 fully saturated rings. The first-order valence-electron chi connectivity index (χ1n) is 40.3. The van der Waals surface area contributed by atoms with Gasteiger partial charge in [0, 0.05) is 93.4 Å². The highest BCUT2D eigenvalue weighted by molar-refractivity contribution is 7.47. The number of phosphoric acid groups is 1. The quantitative estimate of drug-likeness (QED) is 0.0186. The predicted octanol–water partition coefficient (Wildman–Crippen LogP) is -5.07. The van der Waals surface area contributed by atoms with Crippen LogP contribution in [0.3, 0.4) is 0 Å². The molecule has 7 aliphatic rings. The molecule has 1 spiro atoms. The molecule has 0 saturated carbocycles. The van der Waals surface area contributed by atoms with Gasteiger partial charge >= 0.3 is 19.9 Å². The molecular weight excluding hydrogens is 1670 g/mol. The second kappa shape index (κ2) is 43.4. The maximum atomic E-state index is 14.7. The third-order valence-corrected chi connectivity index (χ3v) is 22.8. The number of amides is 6. The smallest absolute Gasteiger partial charge is 0.474 e. The number of anilines is 2. The SMILES string of the molecule is CCNc1cc2c(cc1C)C1(c3cc(C)c(NCC)cc3O2)c2ccccc2C(=O)N1CCCOCCOCCOCCCNCCO[C@H](COP(=O)(O)O[C@H]1O[C@H](C(N)=O)[C@@](C)(O)[C@H](OC(N)=O)[C@H]1O[C@@H]1O[C@H](CO[C@@H]2O[C@H](CO)[C@@H](O)[C@H](O)[C@H]2O)[C@@H](O[C@@H]2O[C@H](C)[C@@H](O[C@@H]3O[C@H](C(N)=O)[C@H](O)[C@H](O)[C@H]3O)[C@H](O)[C@H]2NC(C)=O)[C@H](O)[C@H]1NC(C)=O)C(=O)O. The first kappa shape index (κ1) is 98.5. The summed E-state index contributed by atoms with van der Waals surface area (Å²) in [6, 6.07) is 12.0. The summed E-state index contributed by atoms with van der Waals surface area (Å²) >= 11 is 0. The molecule has 0 aromatic heterocycles. The minimum Gasteiger partial charge on any atom is -0.479 e. The fraction of sp³-hybridized carbons (Fsp3) is 0.675. The summed E-state index contributed by atoms with van der Waals surface area (Å²) in [5.74, 6) is -5.28. The third kappa shape index (κ3) is 22.5. The van der Waals surface area contributed by atoms with E-state index in [0.29, 0.717) is 62.7 Å². The van der Waals surface area contributed by atoms with Crippen LogP contribution in [0.5, 0.6) is 11.5 Å². The second-order valence-electron chi connectivity index (χ2n) is 30.8. The molecule has 23 N–H and O–H groups in total. The van der Waals surface area contributed by atoms with Crippen LogP contribution >= 0.6 is 7.82 Å². The van der Waals surface area contributed by atoms with Crippen molar-refractivity contribution in [3.63, 3.8) is 0 Å². The van der Waals surface area contributed by atoms with E-state index < -0.39 is 228 Å². The molecule has 3 aromatic rings. The van der Waals surface area contributed by atoms with Gasteiger partial charge in [-0.25, -0.2) is 14.2 Å². The number of carbonyl (C=O) groups is 7. The Morgan fingerprint density at radius 3 is 1.74 bits per heavy atom. The number of aryl methyl sites for hydroxylation is 2. The summed E-state index contributed by atoms with van der Waals surface area (Å²) in [6.45, 7) is 12.2. The van der Waals surface area contributed by atoms with Gasteiger partial charge < -0.3 is 181 Å². The van der Waals surface area contributed by atoms with E-state index in [2.05, 4.69) is 38.7 Å². The van der Waals surface area contributed by atoms with E-state index in [1.54, 1.807) is 0 Å². The van der Waals surface area contributed by atoms with Crippen LogP contribution in [0.4, 0.5) is 16.2 Å². The summed E-state index contributed by atoms with van der Waals surface area (Å²) in [4.78, 5) is 105. The number of rotatable bonds is 43. The zero-order valence-corrected chi connectivity index (χ0v) is 70.2. The highest BCUT2D eigenvalue weighted by atomic mass is 31.2. The number of aliphatic hydroxyl groups excluding tert-OH is 9. The van der Waals surface area contributed by atoms with Crippen LogP contribution in [0.1, 0.15) is 92.6 Å². The zero-order valence-electron chi connectivity index (χ0n) is 69.3. The first-order valence-corrected chi connectivity index (χ1v) is 41.8. The van der Waals surface area contributed by atoms with Crippen LogP contribution in [0, 0.1) is 13.8 Å². The molecule has 0 radical (unpaired) electrons. The van der Waals surface area contributed by atoms with E-state index in [9.17, 15) is 99.2 Å². The molecule has 46 nitrogen and oxygen atoms in total. The average Bonchev–Trinajstić information content (AvgIpc) is 1.49. The highest BCUT2D eigenvalue weighted by Crippen LogP contribution is 2.59. The van der Waals surface area contributed by atoms with E-state index in [1.807, 2.05) is 69.0 Å². The van der Waals surface area contributed by atoms with Crippen molar-refractivity contribution in [2.45, 2.75) is 233 Å². The second-order valence-corrected chi connectivity index (χ2v) is 32.2. The lowest BCUT2D eigenvalue weighted by atomic mass is 9.73. The van der Waals surface area contributed by atoms with Crippen LogP contribution in [0.15, 0.2) is 48.5 Å². The monoisotopic (exact) mass is 1790 g/mol. The number of hydrogen-bond acceptors (Lipinski definition) is 38. The van der Waals surface area contributed by atoms with Crippen molar-refractivity contribution in [1.29, 1.82) is 0 Å². The van der Waals surface area contributed by atoms with Gasteiger partial charge in [-0.3, -0.25) is 33.0 Å². The van der Waals surface area contributed by atoms with Gasteiger partial charge in [0.2, 0.25) is 23.6 Å². The predicted molar refractivity (Wildman–Crippen MR) is 420 cm³/mol. The van der Waals surface area contributed by atoms with Gasteiger partial charge in [-0.2, -0.15) is 0 Å². The van der Waals surface area contributed by atoms with Gasteiger partial charge in [-0.1, -0.05) is 18.2 Å². The number of nitrogens with two attached hydrogens (primary N) is 3. The Kier molecular flexibility index (Phi) is 34.5. The summed E-state index contributed by atoms with van der Waals surface area (Å²) in [6.07, 6.45) is -49.0. The van der Waals surface area contributed by atoms with E-state index in [-0.39, 0.29) is 52.1 Å². The number of hydrogen-bond donors (Lipinski definition) is 20. The van der Waals surface area contributed by atoms with Crippen molar-refractivity contribution in [2.75, 3.05) is 109 Å². The molecule has 7 heterocycles. The molecule has 7 aliphatic heterocycles. The van der Waals surface area contributed by atoms with Crippen LogP contribution < -0.4 is 48.5 Å². The van der Waals surface area contributed by atoms with Crippen molar-refractivity contribution >= 4 is 60.8 Å². The largest absolute Gasteiger partial charge is 0.479 e. The molecule has 6 amide bonds. The number of fused-ring (bicyclic) bond motifs is 6. The average molecular weight is 1790 g/mol. The Balaban J connectivity index is 0.730. The van der Waals surface area contributed by atoms with Gasteiger partial charge in [-0.05, 0) is 95.8 Å². The maximum Gasteiger partial charge on any atom is 0.474 e. The van der Waals surface area contributed by atoms with Crippen molar-refractivity contribution in [3.05, 3.63) is 81.9 Å². The Labute approximate surface area is 711 Å². The number of nitrogens with one attached hydrogen (secondary N) is 5. The van der Waals surface area contributed by atoms with E-state index in [4.69, 9.17) is 97.3 Å². The zero-order chi connectivity index (χ0) is 90.6. The number of carboxylic acids is 1. The topological polar surface area (TPSA) is 678 Å². The number of carbonyl (C=O) groups excluding carboxylic acids is 6. The normalized spacial score (nSPS) is 32.6. The molecule has 0 bridgehead atoms. The van der Waals surface area contributed by atoms with Gasteiger partial charge in [0.15, 0.2) is 62.0 Å². The first-order chi connectivity index (χ1) is 58.8. The Morgan fingerprint density at radius 2 is 1.17 bits per heavy atom. The lowest BCUT2D eigenvalue weighted by Gasteiger charge is -2.52. The molecule has 694 valence electrons. The molecule has 27 atom stereocenters. The van der Waals surface area contributed by atoms with Crippen molar-refractivity contribution in [3.8, 4) is 11.5 Å². The van der Waals surface area contributed by atoms with E-state index in [1.165, 1.54) is 6.92 Å². The lowest BCUT2D eigenvalue weighted by molar-refractivity contribution is -0.375. The number of primary amides is 3. The fourth-order valence-electron chi connectivity index (χ4n) is 15.8. The van der Waals surface area contributed by atoms with Crippen molar-refractivity contribution in [2.24, 2.45) is 17.2 Å². The highest BCUT2D eigenvalue weighted by Gasteiger charge is 2.63. The van der Waals surface area contributed by atoms with Crippen molar-refractivity contribution in [1.82, 2.24) is 20.9 Å². The number of phosphoric ester groups is 1. The summed E-state index contributed by atoms with van der Waals surface area (Å²) in [7, 11) is -5.86. The molecule has 1 unspecified atom stereocenters. The standard InChI is InChI=1S/C77H114N9O37P/c1-9-82-43-29-45-41(27-34(43)3)77(42-28-35(4)44(83-10-2)30-46(42)114-45)40-16-12-11-15-39(40)68(100)86(77)19-14-21-108-24-26-109-25-23-107-20-13-17-81-18-22-110-49(69(101)102)33-112-124(105,106)123-74-63(64(122-75(80)103)76(8,104)65(121-74)67(79)99)120-71-51(85-38(7)89)54(92)61(48(116-71)32-111-72-58(96)55(93)52(90)47(31-87)115-72)118-70-50(84-37(6)88)53(91)60(36(5)113-70)117-73-59(97)56(94)57(95)62(119-73)66(78)98/h11-12,15-16,27-30,36,47-65,70-74,81-83,87,90-97,104H,9-10,13-14,17-26,31-33H2,1-8H3,(H2,78,98)(H2,79,99)(H2,80,103)(H,84,88)(H,85,89)(H,101,102)(H,105,106)/t36-,47-,48-,49-,50-,51-,52-,53-,54-,55+,56+,57-,58-,59-,60-,61-,62+,63-,64-,65-,70+,71+,72-,73-,74-,76+/m1/s1. The Morgan fingerprint density at radius 1 is 0.621 bits per heavy atom. The number of carboxylic acid groups (broad SMARTS) is 1. The van der Waals surface area contributed by atoms with Gasteiger partial charge in [-0.15, -0.1) is 0 Å². The maximum absolute atomic E-state index is 14.7. The minimum absolute atomic E-state index is 0.0281. The number of aliphatic carboxylic acids is 1. The summed E-state index contributed by atoms with van der Waals surface area (Å²) < 4.78 is 113. The van der Waals surface area contributed by atoms with Crippen molar-refractivity contribution < 1.29 is 179 Å². The number of ether oxygens (including phenoxy) is 15. The molecular formula is C77H114N9O37P. The molecule has 124 heavy (non-hydrogen) atoms. The lowest BCUT2D eigenvalue weighted by Crippen LogP contribution is -2.72. The molecule has 5 saturated heterocycles. The molecule has 3 aromatic carbocycles. The van der Waals surface area contributed by atoms with Gasteiger partial charge in [0.1, 0.15) is 108 Å². The summed E-state index contributed by atoms with van der Waals surface area (Å²) in [5.41, 5.74) is 19.6. The Hall–Kier alpha value is -7.70. The van der Waals surface area contributed by atoms with Crippen LogP contribution in [0.2, 0.25) is 0 Å². The van der Waals surface area contributed by atoms with E-state index >= 15 is 0 Å². The number of benzene rings is 3. The fourth-order valence-corrected chi connectivity index (χ4v) is 16.7. The molecule has 0 aliphatic carbocycles. The minimum atomic E-state index is -5.86. The molecule has 47 heteroatoms. The third-order valence-electron chi connectivity index (χ3n) is 21.8.